The summed E-state index contributed by atoms with van der Waals surface area (Å²) in [6.07, 6.45) is 1.79. The van der Waals surface area contributed by atoms with Gasteiger partial charge < -0.3 is 15.2 Å². The number of aliphatic imine (C=N–C) groups is 1. The van der Waals surface area contributed by atoms with Crippen LogP contribution in [-0.2, 0) is 13.6 Å². The lowest BCUT2D eigenvalue weighted by Gasteiger charge is -2.18. The molecule has 128 valence electrons. The lowest BCUT2D eigenvalue weighted by molar-refractivity contribution is 0.685. The molecule has 0 saturated carbocycles. The molecule has 0 aliphatic rings. The minimum atomic E-state index is 0.0565. The van der Waals surface area contributed by atoms with Gasteiger partial charge in [0.2, 0.25) is 0 Å². The fraction of sp³-hybridized carbons (Fsp3) is 0.353. The van der Waals surface area contributed by atoms with Crippen LogP contribution in [0.15, 0.2) is 41.9 Å². The van der Waals surface area contributed by atoms with E-state index in [1.807, 2.05) is 42.8 Å². The van der Waals surface area contributed by atoms with Gasteiger partial charge >= 0.3 is 0 Å². The number of nitrogens with one attached hydrogen (secondary N) is 2. The summed E-state index contributed by atoms with van der Waals surface area (Å²) < 4.78 is 1.93. The molecule has 0 bridgehead atoms. The number of aryl methyl sites for hydroxylation is 1. The highest BCUT2D eigenvalue weighted by molar-refractivity contribution is 6.30. The highest BCUT2D eigenvalue weighted by Gasteiger charge is 2.09. The van der Waals surface area contributed by atoms with Crippen molar-refractivity contribution in [1.29, 1.82) is 0 Å². The lowest BCUT2D eigenvalue weighted by atomic mass is 10.1. The molecule has 0 radical (unpaired) electrons. The molecule has 1 unspecified atom stereocenters. The highest BCUT2D eigenvalue weighted by Crippen LogP contribution is 2.17. The molecule has 0 aliphatic heterocycles. The first-order chi connectivity index (χ1) is 11.5. The Bertz CT molecular complexity index is 722. The van der Waals surface area contributed by atoms with Crippen molar-refractivity contribution in [2.24, 2.45) is 12.0 Å². The van der Waals surface area contributed by atoms with Gasteiger partial charge in [-0.15, -0.1) is 16.8 Å². The Morgan fingerprint density at radius 3 is 2.88 bits per heavy atom. The first kappa shape index (κ1) is 18.0. The zero-order valence-electron chi connectivity index (χ0n) is 14.3. The predicted octanol–water partition coefficient (Wildman–Crippen LogP) is 2.76. The van der Waals surface area contributed by atoms with E-state index < -0.39 is 0 Å². The van der Waals surface area contributed by atoms with Gasteiger partial charge in [-0.25, -0.2) is 4.99 Å². The maximum absolute atomic E-state index is 6.07. The molecule has 1 aromatic heterocycles. The lowest BCUT2D eigenvalue weighted by Crippen LogP contribution is -2.39. The number of hydrogen-bond acceptors (Lipinski definition) is 3. The number of halogens is 1. The van der Waals surface area contributed by atoms with Crippen molar-refractivity contribution in [1.82, 2.24) is 25.4 Å². The van der Waals surface area contributed by atoms with Crippen LogP contribution < -0.4 is 10.6 Å². The topological polar surface area (TPSA) is 67.1 Å². The zero-order chi connectivity index (χ0) is 17.5. The summed E-state index contributed by atoms with van der Waals surface area (Å²) in [5.41, 5.74) is 1.09. The van der Waals surface area contributed by atoms with E-state index in [2.05, 4.69) is 39.3 Å². The molecule has 2 rings (SSSR count). The van der Waals surface area contributed by atoms with Crippen molar-refractivity contribution in [2.45, 2.75) is 26.4 Å². The molecule has 0 aliphatic carbocycles. The molecule has 0 amide bonds. The standard InChI is InChI=1S/C17H23ClN6/c1-5-9-19-17(20-11-16-23-22-13(3)24(16)4)21-12(2)14-7-6-8-15(18)10-14/h5-8,10,12H,1,9,11H2,2-4H3,(H2,19,20,21). The third kappa shape index (κ3) is 4.83. The minimum absolute atomic E-state index is 0.0565. The molecule has 1 atom stereocenters. The van der Waals surface area contributed by atoms with Crippen LogP contribution in [0.3, 0.4) is 0 Å². The number of hydrogen-bond donors (Lipinski definition) is 2. The fourth-order valence-corrected chi connectivity index (χ4v) is 2.32. The van der Waals surface area contributed by atoms with Crippen LogP contribution in [0.5, 0.6) is 0 Å². The van der Waals surface area contributed by atoms with E-state index in [1.54, 1.807) is 6.08 Å². The van der Waals surface area contributed by atoms with E-state index in [0.29, 0.717) is 24.1 Å². The third-order valence-electron chi connectivity index (χ3n) is 3.68. The van der Waals surface area contributed by atoms with Crippen molar-refractivity contribution in [3.63, 3.8) is 0 Å². The maximum atomic E-state index is 6.07. The Morgan fingerprint density at radius 1 is 1.46 bits per heavy atom. The second kappa shape index (κ2) is 8.49. The van der Waals surface area contributed by atoms with Gasteiger partial charge in [0, 0.05) is 18.6 Å². The molecule has 0 saturated heterocycles. The summed E-state index contributed by atoms with van der Waals surface area (Å²) in [7, 11) is 1.93. The van der Waals surface area contributed by atoms with Gasteiger partial charge in [-0.05, 0) is 31.5 Å². The Morgan fingerprint density at radius 2 is 2.25 bits per heavy atom. The van der Waals surface area contributed by atoms with Crippen molar-refractivity contribution in [2.75, 3.05) is 6.54 Å². The van der Waals surface area contributed by atoms with Gasteiger partial charge in [-0.1, -0.05) is 29.8 Å². The maximum Gasteiger partial charge on any atom is 0.192 e. The molecule has 2 aromatic rings. The van der Waals surface area contributed by atoms with Crippen LogP contribution in [0.1, 0.15) is 30.2 Å². The third-order valence-corrected chi connectivity index (χ3v) is 3.91. The van der Waals surface area contributed by atoms with E-state index in [4.69, 9.17) is 11.6 Å². The largest absolute Gasteiger partial charge is 0.353 e. The van der Waals surface area contributed by atoms with Gasteiger partial charge in [0.25, 0.3) is 0 Å². The fourth-order valence-electron chi connectivity index (χ4n) is 2.12. The Hall–Kier alpha value is -2.34. The van der Waals surface area contributed by atoms with Crippen LogP contribution in [0.4, 0.5) is 0 Å². The zero-order valence-corrected chi connectivity index (χ0v) is 15.0. The summed E-state index contributed by atoms with van der Waals surface area (Å²) in [6.45, 7) is 8.75. The summed E-state index contributed by atoms with van der Waals surface area (Å²) in [5, 5.41) is 15.5. The summed E-state index contributed by atoms with van der Waals surface area (Å²) >= 11 is 6.07. The van der Waals surface area contributed by atoms with Crippen LogP contribution >= 0.6 is 11.6 Å². The Balaban J connectivity index is 2.10. The molecular weight excluding hydrogens is 324 g/mol. The second-order valence-corrected chi connectivity index (χ2v) is 5.91. The first-order valence-corrected chi connectivity index (χ1v) is 8.15. The highest BCUT2D eigenvalue weighted by atomic mass is 35.5. The summed E-state index contributed by atoms with van der Waals surface area (Å²) in [5.74, 6) is 2.35. The van der Waals surface area contributed by atoms with E-state index in [-0.39, 0.29) is 6.04 Å². The van der Waals surface area contributed by atoms with E-state index >= 15 is 0 Å². The van der Waals surface area contributed by atoms with Crippen LogP contribution in [0, 0.1) is 6.92 Å². The number of guanidine groups is 1. The average molecular weight is 347 g/mol. The smallest absolute Gasteiger partial charge is 0.192 e. The minimum Gasteiger partial charge on any atom is -0.353 e. The molecule has 7 heteroatoms. The second-order valence-electron chi connectivity index (χ2n) is 5.48. The van der Waals surface area contributed by atoms with Gasteiger partial charge in [0.1, 0.15) is 12.4 Å². The van der Waals surface area contributed by atoms with Crippen LogP contribution in [-0.4, -0.2) is 27.3 Å². The summed E-state index contributed by atoms with van der Waals surface area (Å²) in [4.78, 5) is 4.58. The van der Waals surface area contributed by atoms with Crippen molar-refractivity contribution >= 4 is 17.6 Å². The van der Waals surface area contributed by atoms with Gasteiger partial charge in [0.15, 0.2) is 11.8 Å². The Kier molecular flexibility index (Phi) is 6.37. The van der Waals surface area contributed by atoms with Gasteiger partial charge in [0.05, 0.1) is 6.04 Å². The molecule has 1 heterocycles. The van der Waals surface area contributed by atoms with Crippen LogP contribution in [0.25, 0.3) is 0 Å². The average Bonchev–Trinajstić information content (AvgIpc) is 2.89. The number of benzene rings is 1. The number of aromatic nitrogens is 3. The number of rotatable bonds is 6. The molecule has 6 nitrogen and oxygen atoms in total. The van der Waals surface area contributed by atoms with Gasteiger partial charge in [-0.2, -0.15) is 0 Å². The van der Waals surface area contributed by atoms with Crippen molar-refractivity contribution < 1.29 is 0 Å². The van der Waals surface area contributed by atoms with E-state index in [9.17, 15) is 0 Å². The van der Waals surface area contributed by atoms with Crippen LogP contribution in [0.2, 0.25) is 5.02 Å². The van der Waals surface area contributed by atoms with E-state index in [1.165, 1.54) is 0 Å². The molecule has 1 aromatic carbocycles. The molecular formula is C17H23ClN6. The summed E-state index contributed by atoms with van der Waals surface area (Å²) in [6, 6.07) is 7.82. The Labute approximate surface area is 147 Å². The normalized spacial score (nSPS) is 12.8. The van der Waals surface area contributed by atoms with Crippen molar-refractivity contribution in [3.8, 4) is 0 Å². The SMILES string of the molecule is C=CCNC(=NCc1nnc(C)n1C)NC(C)c1cccc(Cl)c1. The van der Waals surface area contributed by atoms with Gasteiger partial charge in [-0.3, -0.25) is 0 Å². The molecule has 0 fully saturated rings. The molecule has 0 spiro atoms. The molecule has 2 N–H and O–H groups in total. The number of nitrogens with zero attached hydrogens (tertiary/aromatic N) is 4. The molecule has 24 heavy (non-hydrogen) atoms. The van der Waals surface area contributed by atoms with Crippen molar-refractivity contribution in [3.05, 3.63) is 59.2 Å². The quantitative estimate of drug-likeness (QED) is 0.479. The van der Waals surface area contributed by atoms with E-state index in [0.717, 1.165) is 17.2 Å². The monoisotopic (exact) mass is 346 g/mol. The predicted molar refractivity (Wildman–Crippen MR) is 98.1 cm³/mol. The first-order valence-electron chi connectivity index (χ1n) is 7.77.